The van der Waals surface area contributed by atoms with Crippen molar-refractivity contribution in [1.82, 2.24) is 5.43 Å². The molecule has 0 radical (unpaired) electrons. The van der Waals surface area contributed by atoms with Crippen LogP contribution in [0.2, 0.25) is 5.02 Å². The van der Waals surface area contributed by atoms with Crippen molar-refractivity contribution in [1.29, 1.82) is 0 Å². The number of nitrogens with one attached hydrogen (secondary N) is 1. The Kier molecular flexibility index (Phi) is 6.06. The maximum atomic E-state index is 13.3. The van der Waals surface area contributed by atoms with Gasteiger partial charge in [0.2, 0.25) is 0 Å². The standard InChI is InChI=1S/C16H18ClFN2S/c1-11-3-2-4-15(7-11)21-10-14(20-19)9-12-8-13(18)5-6-16(12)17/h2-8,14,20H,9-10,19H2,1H3. The van der Waals surface area contributed by atoms with Gasteiger partial charge in [-0.15, -0.1) is 11.8 Å². The van der Waals surface area contributed by atoms with Crippen LogP contribution in [0.25, 0.3) is 0 Å². The van der Waals surface area contributed by atoms with Crippen LogP contribution in [0.1, 0.15) is 11.1 Å². The molecular formula is C16H18ClFN2S. The molecule has 0 spiro atoms. The van der Waals surface area contributed by atoms with Crippen LogP contribution in [0.4, 0.5) is 4.39 Å². The van der Waals surface area contributed by atoms with Gasteiger partial charge >= 0.3 is 0 Å². The average molecular weight is 325 g/mol. The molecule has 1 unspecified atom stereocenters. The molecule has 0 fully saturated rings. The quantitative estimate of drug-likeness (QED) is 0.480. The molecule has 0 aromatic heterocycles. The van der Waals surface area contributed by atoms with Gasteiger partial charge in [0.15, 0.2) is 0 Å². The van der Waals surface area contributed by atoms with Crippen LogP contribution in [0.5, 0.6) is 0 Å². The summed E-state index contributed by atoms with van der Waals surface area (Å²) >= 11 is 7.81. The van der Waals surface area contributed by atoms with Crippen LogP contribution in [0.15, 0.2) is 47.4 Å². The number of hydrogen-bond acceptors (Lipinski definition) is 3. The number of rotatable bonds is 6. The third-order valence-electron chi connectivity index (χ3n) is 3.15. The molecule has 3 N–H and O–H groups in total. The van der Waals surface area contributed by atoms with E-state index < -0.39 is 0 Å². The zero-order valence-corrected chi connectivity index (χ0v) is 13.3. The lowest BCUT2D eigenvalue weighted by atomic mass is 10.1. The third kappa shape index (κ3) is 5.00. The fourth-order valence-electron chi connectivity index (χ4n) is 2.03. The number of thioether (sulfide) groups is 1. The van der Waals surface area contributed by atoms with Crippen molar-refractivity contribution < 1.29 is 4.39 Å². The highest BCUT2D eigenvalue weighted by Crippen LogP contribution is 2.23. The second-order valence-electron chi connectivity index (χ2n) is 4.93. The minimum absolute atomic E-state index is 0.0230. The Labute approximate surface area is 133 Å². The van der Waals surface area contributed by atoms with Crippen molar-refractivity contribution in [2.75, 3.05) is 5.75 Å². The summed E-state index contributed by atoms with van der Waals surface area (Å²) in [4.78, 5) is 1.19. The normalized spacial score (nSPS) is 12.4. The van der Waals surface area contributed by atoms with Crippen molar-refractivity contribution in [3.63, 3.8) is 0 Å². The first-order valence-corrected chi connectivity index (χ1v) is 8.04. The van der Waals surface area contributed by atoms with Crippen molar-refractivity contribution in [2.24, 2.45) is 5.84 Å². The van der Waals surface area contributed by atoms with Gasteiger partial charge in [-0.25, -0.2) is 4.39 Å². The molecule has 0 aliphatic rings. The van der Waals surface area contributed by atoms with Gasteiger partial charge in [0.05, 0.1) is 0 Å². The van der Waals surface area contributed by atoms with Crippen molar-refractivity contribution in [3.05, 3.63) is 64.4 Å². The van der Waals surface area contributed by atoms with Crippen LogP contribution in [0, 0.1) is 12.7 Å². The molecule has 2 aromatic rings. The summed E-state index contributed by atoms with van der Waals surface area (Å²) in [7, 11) is 0. The minimum atomic E-state index is -0.281. The molecule has 0 saturated heterocycles. The molecule has 5 heteroatoms. The summed E-state index contributed by atoms with van der Waals surface area (Å²) in [5, 5.41) is 0.567. The molecule has 0 heterocycles. The topological polar surface area (TPSA) is 38.0 Å². The highest BCUT2D eigenvalue weighted by molar-refractivity contribution is 7.99. The molecule has 2 nitrogen and oxygen atoms in total. The first-order valence-electron chi connectivity index (χ1n) is 6.68. The summed E-state index contributed by atoms with van der Waals surface area (Å²) in [6.45, 7) is 2.06. The molecule has 1 atom stereocenters. The maximum absolute atomic E-state index is 13.3. The Morgan fingerprint density at radius 3 is 2.81 bits per heavy atom. The predicted molar refractivity (Wildman–Crippen MR) is 88.1 cm³/mol. The number of hydrazine groups is 1. The second kappa shape index (κ2) is 7.80. The average Bonchev–Trinajstić information content (AvgIpc) is 2.47. The Hall–Kier alpha value is -1.07. The van der Waals surface area contributed by atoms with E-state index in [-0.39, 0.29) is 11.9 Å². The summed E-state index contributed by atoms with van der Waals surface area (Å²) in [6.07, 6.45) is 0.589. The van der Waals surface area contributed by atoms with Crippen LogP contribution >= 0.6 is 23.4 Å². The molecule has 0 aliphatic carbocycles. The monoisotopic (exact) mass is 324 g/mol. The fraction of sp³-hybridized carbons (Fsp3) is 0.250. The van der Waals surface area contributed by atoms with Crippen molar-refractivity contribution in [3.8, 4) is 0 Å². The fourth-order valence-corrected chi connectivity index (χ4v) is 3.28. The van der Waals surface area contributed by atoms with Gasteiger partial charge in [-0.2, -0.15) is 0 Å². The van der Waals surface area contributed by atoms with Gasteiger partial charge in [0, 0.05) is 21.7 Å². The van der Waals surface area contributed by atoms with Crippen LogP contribution in [-0.2, 0) is 6.42 Å². The van der Waals surface area contributed by atoms with Gasteiger partial charge < -0.3 is 0 Å². The number of benzene rings is 2. The third-order valence-corrected chi connectivity index (χ3v) is 4.68. The van der Waals surface area contributed by atoms with E-state index in [1.165, 1.54) is 22.6 Å². The number of aryl methyl sites for hydroxylation is 1. The van der Waals surface area contributed by atoms with E-state index in [0.717, 1.165) is 11.3 Å². The van der Waals surface area contributed by atoms with E-state index in [4.69, 9.17) is 17.4 Å². The van der Waals surface area contributed by atoms with Gasteiger partial charge in [-0.1, -0.05) is 29.3 Å². The lowest BCUT2D eigenvalue weighted by Crippen LogP contribution is -2.38. The Balaban J connectivity index is 1.98. The molecule has 0 saturated carbocycles. The van der Waals surface area contributed by atoms with E-state index in [0.29, 0.717) is 11.4 Å². The Morgan fingerprint density at radius 2 is 2.10 bits per heavy atom. The number of hydrogen-bond donors (Lipinski definition) is 2. The molecule has 2 aromatic carbocycles. The Bertz CT molecular complexity index is 607. The number of halogens is 2. The minimum Gasteiger partial charge on any atom is -0.271 e. The molecule has 2 rings (SSSR count). The van der Waals surface area contributed by atoms with Gasteiger partial charge in [0.25, 0.3) is 0 Å². The van der Waals surface area contributed by atoms with E-state index in [1.54, 1.807) is 17.8 Å². The molecular weight excluding hydrogens is 307 g/mol. The summed E-state index contributed by atoms with van der Waals surface area (Å²) in [5.74, 6) is 6.11. The molecule has 0 bridgehead atoms. The first-order chi connectivity index (χ1) is 10.1. The van der Waals surface area contributed by atoms with Gasteiger partial charge in [-0.05, 0) is 49.2 Å². The Morgan fingerprint density at radius 1 is 1.29 bits per heavy atom. The van der Waals surface area contributed by atoms with Crippen molar-refractivity contribution >= 4 is 23.4 Å². The lowest BCUT2D eigenvalue weighted by Gasteiger charge is -2.16. The highest BCUT2D eigenvalue weighted by atomic mass is 35.5. The van der Waals surface area contributed by atoms with Crippen LogP contribution in [-0.4, -0.2) is 11.8 Å². The summed E-state index contributed by atoms with van der Waals surface area (Å²) < 4.78 is 13.3. The van der Waals surface area contributed by atoms with E-state index in [2.05, 4.69) is 30.5 Å². The molecule has 0 aliphatic heterocycles. The second-order valence-corrected chi connectivity index (χ2v) is 6.43. The summed E-state index contributed by atoms with van der Waals surface area (Å²) in [6, 6.07) is 12.7. The zero-order chi connectivity index (χ0) is 15.2. The number of nitrogens with two attached hydrogens (primary N) is 1. The van der Waals surface area contributed by atoms with E-state index >= 15 is 0 Å². The summed E-state index contributed by atoms with van der Waals surface area (Å²) in [5.41, 5.74) is 4.78. The van der Waals surface area contributed by atoms with E-state index in [9.17, 15) is 4.39 Å². The molecule has 112 valence electrons. The zero-order valence-electron chi connectivity index (χ0n) is 11.8. The van der Waals surface area contributed by atoms with Crippen molar-refractivity contribution in [2.45, 2.75) is 24.3 Å². The molecule has 0 amide bonds. The molecule has 21 heavy (non-hydrogen) atoms. The van der Waals surface area contributed by atoms with Gasteiger partial charge in [-0.3, -0.25) is 11.3 Å². The smallest absolute Gasteiger partial charge is 0.123 e. The highest BCUT2D eigenvalue weighted by Gasteiger charge is 2.12. The van der Waals surface area contributed by atoms with Crippen LogP contribution < -0.4 is 11.3 Å². The maximum Gasteiger partial charge on any atom is 0.123 e. The van der Waals surface area contributed by atoms with Crippen LogP contribution in [0.3, 0.4) is 0 Å². The largest absolute Gasteiger partial charge is 0.271 e. The lowest BCUT2D eigenvalue weighted by molar-refractivity contribution is 0.570. The van der Waals surface area contributed by atoms with Gasteiger partial charge in [0.1, 0.15) is 5.82 Å². The SMILES string of the molecule is Cc1cccc(SCC(Cc2cc(F)ccc2Cl)NN)c1. The predicted octanol–water partition coefficient (Wildman–Crippen LogP) is 3.95. The first kappa shape index (κ1) is 16.3. The van der Waals surface area contributed by atoms with E-state index in [1.807, 2.05) is 6.07 Å².